The van der Waals surface area contributed by atoms with Crippen molar-refractivity contribution in [3.8, 4) is 5.75 Å². The zero-order valence-corrected chi connectivity index (χ0v) is 14.8. The van der Waals surface area contributed by atoms with Crippen molar-refractivity contribution in [3.63, 3.8) is 0 Å². The molecule has 0 heterocycles. The second kappa shape index (κ2) is 9.71. The molecule has 23 heavy (non-hydrogen) atoms. The van der Waals surface area contributed by atoms with Gasteiger partial charge in [0.1, 0.15) is 12.4 Å². The lowest BCUT2D eigenvalue weighted by atomic mass is 10.2. The fourth-order valence-electron chi connectivity index (χ4n) is 1.85. The summed E-state index contributed by atoms with van der Waals surface area (Å²) in [6.07, 6.45) is 0. The Kier molecular flexibility index (Phi) is 7.59. The Bertz CT molecular complexity index is 652. The van der Waals surface area contributed by atoms with Gasteiger partial charge in [0, 0.05) is 10.8 Å². The lowest BCUT2D eigenvalue weighted by Crippen LogP contribution is -2.29. The number of nitrogens with one attached hydrogen (secondary N) is 1. The Balaban J connectivity index is 1.59. The van der Waals surface area contributed by atoms with Crippen LogP contribution < -0.4 is 10.1 Å². The van der Waals surface area contributed by atoms with Gasteiger partial charge in [0.15, 0.2) is 0 Å². The van der Waals surface area contributed by atoms with Crippen molar-refractivity contribution >= 4 is 40.9 Å². The molecule has 6 heteroatoms. The number of benzene rings is 2. The van der Waals surface area contributed by atoms with E-state index < -0.39 is 0 Å². The molecule has 2 rings (SSSR count). The molecular weight excluding hydrogens is 353 g/mol. The first kappa shape index (κ1) is 18.0. The van der Waals surface area contributed by atoms with Gasteiger partial charge >= 0.3 is 0 Å². The summed E-state index contributed by atoms with van der Waals surface area (Å²) in [6, 6.07) is 14.9. The molecule has 0 aliphatic rings. The SMILES string of the molecule is O=C(CSCc1cccc(Cl)c1)NCCOc1ccccc1Cl. The van der Waals surface area contributed by atoms with Crippen LogP contribution in [0.1, 0.15) is 5.56 Å². The normalized spacial score (nSPS) is 10.3. The van der Waals surface area contributed by atoms with Crippen LogP contribution in [0.25, 0.3) is 0 Å². The van der Waals surface area contributed by atoms with Crippen LogP contribution in [0.4, 0.5) is 0 Å². The van der Waals surface area contributed by atoms with E-state index in [-0.39, 0.29) is 5.91 Å². The Morgan fingerprint density at radius 2 is 1.96 bits per heavy atom. The average Bonchev–Trinajstić information content (AvgIpc) is 2.53. The fourth-order valence-corrected chi connectivity index (χ4v) is 3.06. The topological polar surface area (TPSA) is 38.3 Å². The van der Waals surface area contributed by atoms with Gasteiger partial charge in [-0.3, -0.25) is 4.79 Å². The van der Waals surface area contributed by atoms with Gasteiger partial charge in [-0.2, -0.15) is 0 Å². The number of carbonyl (C=O) groups excluding carboxylic acids is 1. The molecule has 2 aromatic rings. The van der Waals surface area contributed by atoms with E-state index in [0.29, 0.717) is 34.7 Å². The molecule has 1 N–H and O–H groups in total. The molecule has 0 radical (unpaired) electrons. The number of halogens is 2. The van der Waals surface area contributed by atoms with E-state index >= 15 is 0 Å². The summed E-state index contributed by atoms with van der Waals surface area (Å²) in [7, 11) is 0. The third kappa shape index (κ3) is 6.73. The lowest BCUT2D eigenvalue weighted by Gasteiger charge is -2.09. The Hall–Kier alpha value is -1.36. The molecule has 0 aromatic heterocycles. The summed E-state index contributed by atoms with van der Waals surface area (Å²) in [5.41, 5.74) is 1.11. The minimum absolute atomic E-state index is 0.0141. The third-order valence-electron chi connectivity index (χ3n) is 2.91. The molecule has 2 aromatic carbocycles. The van der Waals surface area contributed by atoms with Crippen molar-refractivity contribution in [2.45, 2.75) is 5.75 Å². The maximum absolute atomic E-state index is 11.7. The molecular formula is C17H17Cl2NO2S. The van der Waals surface area contributed by atoms with Crippen LogP contribution in [-0.2, 0) is 10.5 Å². The number of hydrogen-bond acceptors (Lipinski definition) is 3. The smallest absolute Gasteiger partial charge is 0.230 e. The van der Waals surface area contributed by atoms with Gasteiger partial charge in [0.05, 0.1) is 17.3 Å². The Labute approximate surface area is 150 Å². The van der Waals surface area contributed by atoms with Gasteiger partial charge in [-0.05, 0) is 29.8 Å². The van der Waals surface area contributed by atoms with Crippen LogP contribution in [0.3, 0.4) is 0 Å². The van der Waals surface area contributed by atoms with Crippen LogP contribution in [0, 0.1) is 0 Å². The molecule has 0 saturated heterocycles. The quantitative estimate of drug-likeness (QED) is 0.699. The number of thioether (sulfide) groups is 1. The molecule has 0 saturated carbocycles. The van der Waals surface area contributed by atoms with Crippen LogP contribution >= 0.6 is 35.0 Å². The molecule has 122 valence electrons. The fraction of sp³-hybridized carbons (Fsp3) is 0.235. The zero-order valence-electron chi connectivity index (χ0n) is 12.4. The van der Waals surface area contributed by atoms with E-state index in [4.69, 9.17) is 27.9 Å². The second-order valence-electron chi connectivity index (χ2n) is 4.75. The van der Waals surface area contributed by atoms with Crippen molar-refractivity contribution in [1.82, 2.24) is 5.32 Å². The van der Waals surface area contributed by atoms with Gasteiger partial charge < -0.3 is 10.1 Å². The summed E-state index contributed by atoms with van der Waals surface area (Å²) >= 11 is 13.4. The summed E-state index contributed by atoms with van der Waals surface area (Å²) < 4.78 is 5.51. The minimum atomic E-state index is -0.0141. The van der Waals surface area contributed by atoms with Gasteiger partial charge in [-0.25, -0.2) is 0 Å². The van der Waals surface area contributed by atoms with Gasteiger partial charge in [0.2, 0.25) is 5.91 Å². The van der Waals surface area contributed by atoms with Crippen molar-refractivity contribution in [2.75, 3.05) is 18.9 Å². The number of hydrogen-bond donors (Lipinski definition) is 1. The standard InChI is InChI=1S/C17H17Cl2NO2S/c18-14-5-3-4-13(10-14)11-23-12-17(21)20-8-9-22-16-7-2-1-6-15(16)19/h1-7,10H,8-9,11-12H2,(H,20,21). The number of ether oxygens (including phenoxy) is 1. The second-order valence-corrected chi connectivity index (χ2v) is 6.58. The molecule has 0 fully saturated rings. The van der Waals surface area contributed by atoms with Gasteiger partial charge in [0.25, 0.3) is 0 Å². The van der Waals surface area contributed by atoms with Gasteiger partial charge in [-0.15, -0.1) is 11.8 Å². The zero-order chi connectivity index (χ0) is 16.5. The number of carbonyl (C=O) groups is 1. The Morgan fingerprint density at radius 3 is 2.74 bits per heavy atom. The van der Waals surface area contributed by atoms with Crippen molar-refractivity contribution in [3.05, 3.63) is 64.1 Å². The third-order valence-corrected chi connectivity index (χ3v) is 4.46. The predicted molar refractivity (Wildman–Crippen MR) is 97.6 cm³/mol. The largest absolute Gasteiger partial charge is 0.490 e. The molecule has 0 atom stereocenters. The first-order valence-electron chi connectivity index (χ1n) is 7.11. The first-order chi connectivity index (χ1) is 11.1. The molecule has 0 spiro atoms. The Morgan fingerprint density at radius 1 is 1.13 bits per heavy atom. The highest BCUT2D eigenvalue weighted by Gasteiger charge is 2.03. The van der Waals surface area contributed by atoms with Crippen LogP contribution in [0.2, 0.25) is 10.0 Å². The van der Waals surface area contributed by atoms with Crippen LogP contribution in [0.5, 0.6) is 5.75 Å². The maximum atomic E-state index is 11.7. The molecule has 3 nitrogen and oxygen atoms in total. The van der Waals surface area contributed by atoms with Crippen LogP contribution in [-0.4, -0.2) is 24.8 Å². The maximum Gasteiger partial charge on any atom is 0.230 e. The molecule has 1 amide bonds. The highest BCUT2D eigenvalue weighted by Crippen LogP contribution is 2.22. The predicted octanol–water partition coefficient (Wildman–Crippen LogP) is 4.42. The van der Waals surface area contributed by atoms with E-state index in [1.54, 1.807) is 23.9 Å². The van der Waals surface area contributed by atoms with Crippen molar-refractivity contribution in [2.24, 2.45) is 0 Å². The number of rotatable bonds is 8. The summed E-state index contributed by atoms with van der Waals surface area (Å²) in [6.45, 7) is 0.830. The summed E-state index contributed by atoms with van der Waals surface area (Å²) in [5.74, 6) is 1.77. The number of para-hydroxylation sites is 1. The number of amides is 1. The van der Waals surface area contributed by atoms with E-state index in [0.717, 1.165) is 11.3 Å². The van der Waals surface area contributed by atoms with Crippen LogP contribution in [0.15, 0.2) is 48.5 Å². The molecule has 0 bridgehead atoms. The van der Waals surface area contributed by atoms with E-state index in [1.165, 1.54) is 0 Å². The molecule has 0 aliphatic carbocycles. The summed E-state index contributed by atoms with van der Waals surface area (Å²) in [4.78, 5) is 11.7. The van der Waals surface area contributed by atoms with E-state index in [2.05, 4.69) is 5.32 Å². The van der Waals surface area contributed by atoms with Gasteiger partial charge in [-0.1, -0.05) is 47.5 Å². The first-order valence-corrected chi connectivity index (χ1v) is 9.02. The van der Waals surface area contributed by atoms with Crippen molar-refractivity contribution in [1.29, 1.82) is 0 Å². The van der Waals surface area contributed by atoms with E-state index in [9.17, 15) is 4.79 Å². The van der Waals surface area contributed by atoms with E-state index in [1.807, 2.05) is 36.4 Å². The lowest BCUT2D eigenvalue weighted by molar-refractivity contribution is -0.118. The monoisotopic (exact) mass is 369 g/mol. The highest BCUT2D eigenvalue weighted by molar-refractivity contribution is 7.99. The molecule has 0 aliphatic heterocycles. The molecule has 0 unspecified atom stereocenters. The minimum Gasteiger partial charge on any atom is -0.490 e. The average molecular weight is 370 g/mol. The van der Waals surface area contributed by atoms with Crippen molar-refractivity contribution < 1.29 is 9.53 Å². The highest BCUT2D eigenvalue weighted by atomic mass is 35.5. The summed E-state index contributed by atoms with van der Waals surface area (Å²) in [5, 5.41) is 4.09.